The number of carbonyl (C=O) groups excluding carboxylic acids is 2. The number of hydrogen-bond donors (Lipinski definition) is 1. The number of nitrogens with zero attached hydrogens (tertiary/aromatic N) is 1. The summed E-state index contributed by atoms with van der Waals surface area (Å²) in [7, 11) is 0. The van der Waals surface area contributed by atoms with Gasteiger partial charge in [0.2, 0.25) is 0 Å². The van der Waals surface area contributed by atoms with Crippen LogP contribution in [-0.4, -0.2) is 16.4 Å². The van der Waals surface area contributed by atoms with Gasteiger partial charge < -0.3 is 4.57 Å². The lowest BCUT2D eigenvalue weighted by Gasteiger charge is -2.18. The van der Waals surface area contributed by atoms with Crippen LogP contribution in [0.1, 0.15) is 15.9 Å². The van der Waals surface area contributed by atoms with Crippen LogP contribution in [-0.2, 0) is 4.79 Å². The van der Waals surface area contributed by atoms with Gasteiger partial charge >= 0.3 is 0 Å². The van der Waals surface area contributed by atoms with Gasteiger partial charge in [0.05, 0.1) is 0 Å². The Kier molecular flexibility index (Phi) is 2.16. The maximum atomic E-state index is 11.7. The second-order valence-electron chi connectivity index (χ2n) is 4.08. The molecule has 0 saturated carbocycles. The molecule has 3 rings (SSSR count). The zero-order chi connectivity index (χ0) is 12.7. The quantitative estimate of drug-likeness (QED) is 0.608. The molecule has 0 fully saturated rings. The van der Waals surface area contributed by atoms with Gasteiger partial charge in [-0.1, -0.05) is 6.58 Å². The number of amides is 2. The van der Waals surface area contributed by atoms with E-state index >= 15 is 0 Å². The van der Waals surface area contributed by atoms with E-state index in [4.69, 9.17) is 0 Å². The summed E-state index contributed by atoms with van der Waals surface area (Å²) in [6, 6.07) is 9.16. The van der Waals surface area contributed by atoms with Crippen LogP contribution in [0.5, 0.6) is 0 Å². The van der Waals surface area contributed by atoms with E-state index in [2.05, 4.69) is 11.9 Å². The van der Waals surface area contributed by atoms with Gasteiger partial charge in [-0.15, -0.1) is 0 Å². The summed E-state index contributed by atoms with van der Waals surface area (Å²) < 4.78 is 1.91. The SMILES string of the molecule is C=C1C(=O)NC(=O)c2ccc(-n3cccc3)cc21. The number of carbonyl (C=O) groups is 2. The fraction of sp³-hybridized carbons (Fsp3) is 0. The molecule has 4 heteroatoms. The molecule has 2 aromatic rings. The summed E-state index contributed by atoms with van der Waals surface area (Å²) in [5.41, 5.74) is 2.28. The minimum Gasteiger partial charge on any atom is -0.324 e. The van der Waals surface area contributed by atoms with Gasteiger partial charge in [-0.2, -0.15) is 0 Å². The highest BCUT2D eigenvalue weighted by molar-refractivity contribution is 6.30. The van der Waals surface area contributed by atoms with Crippen LogP contribution in [0, 0.1) is 0 Å². The van der Waals surface area contributed by atoms with E-state index in [1.807, 2.05) is 35.2 Å². The molecular weight excluding hydrogens is 228 g/mol. The molecule has 4 nitrogen and oxygen atoms in total. The highest BCUT2D eigenvalue weighted by Gasteiger charge is 2.25. The molecular formula is C14H10N2O2. The maximum absolute atomic E-state index is 11.7. The van der Waals surface area contributed by atoms with Crippen molar-refractivity contribution in [1.29, 1.82) is 0 Å². The number of nitrogens with one attached hydrogen (secondary N) is 1. The van der Waals surface area contributed by atoms with Crippen molar-refractivity contribution in [1.82, 2.24) is 9.88 Å². The van der Waals surface area contributed by atoms with Crippen LogP contribution in [0.4, 0.5) is 0 Å². The summed E-state index contributed by atoms with van der Waals surface area (Å²) in [6.45, 7) is 3.72. The van der Waals surface area contributed by atoms with E-state index in [9.17, 15) is 9.59 Å². The summed E-state index contributed by atoms with van der Waals surface area (Å²) in [5, 5.41) is 2.26. The van der Waals surface area contributed by atoms with Crippen LogP contribution >= 0.6 is 0 Å². The molecule has 0 spiro atoms. The molecule has 1 N–H and O–H groups in total. The first-order chi connectivity index (χ1) is 8.66. The molecule has 18 heavy (non-hydrogen) atoms. The molecule has 0 atom stereocenters. The third-order valence-corrected chi connectivity index (χ3v) is 2.98. The van der Waals surface area contributed by atoms with Gasteiger partial charge in [0.1, 0.15) is 0 Å². The predicted molar refractivity (Wildman–Crippen MR) is 67.3 cm³/mol. The third-order valence-electron chi connectivity index (χ3n) is 2.98. The summed E-state index contributed by atoms with van der Waals surface area (Å²) in [5.74, 6) is -0.807. The van der Waals surface area contributed by atoms with Crippen molar-refractivity contribution in [3.8, 4) is 5.69 Å². The zero-order valence-corrected chi connectivity index (χ0v) is 9.51. The van der Waals surface area contributed by atoms with Crippen molar-refractivity contribution in [3.63, 3.8) is 0 Å². The minimum absolute atomic E-state index is 0.318. The Morgan fingerprint density at radius 3 is 2.44 bits per heavy atom. The highest BCUT2D eigenvalue weighted by Crippen LogP contribution is 2.25. The highest BCUT2D eigenvalue weighted by atomic mass is 16.2. The van der Waals surface area contributed by atoms with E-state index in [1.165, 1.54) is 0 Å². The third kappa shape index (κ3) is 1.47. The zero-order valence-electron chi connectivity index (χ0n) is 9.51. The molecule has 1 aromatic carbocycles. The van der Waals surface area contributed by atoms with E-state index < -0.39 is 5.91 Å². The molecule has 0 aliphatic carbocycles. The molecule has 0 radical (unpaired) electrons. The number of hydrogen-bond acceptors (Lipinski definition) is 2. The Morgan fingerprint density at radius 1 is 1.00 bits per heavy atom. The van der Waals surface area contributed by atoms with Crippen molar-refractivity contribution in [2.45, 2.75) is 0 Å². The summed E-state index contributed by atoms with van der Waals surface area (Å²) in [6.07, 6.45) is 3.80. The molecule has 1 aliphatic heterocycles. The molecule has 2 amide bonds. The fourth-order valence-electron chi connectivity index (χ4n) is 2.02. The molecule has 1 aliphatic rings. The summed E-state index contributed by atoms with van der Waals surface area (Å²) >= 11 is 0. The first-order valence-corrected chi connectivity index (χ1v) is 5.49. The molecule has 1 aromatic heterocycles. The van der Waals surface area contributed by atoms with E-state index in [-0.39, 0.29) is 5.91 Å². The topological polar surface area (TPSA) is 51.1 Å². The smallest absolute Gasteiger partial charge is 0.258 e. The Balaban J connectivity index is 2.18. The maximum Gasteiger partial charge on any atom is 0.258 e. The molecule has 0 saturated heterocycles. The van der Waals surface area contributed by atoms with Gasteiger partial charge in [0, 0.05) is 34.8 Å². The van der Waals surface area contributed by atoms with Crippen LogP contribution in [0.3, 0.4) is 0 Å². The van der Waals surface area contributed by atoms with Crippen molar-refractivity contribution < 1.29 is 9.59 Å². The number of fused-ring (bicyclic) bond motifs is 1. The largest absolute Gasteiger partial charge is 0.324 e. The minimum atomic E-state index is -0.433. The van der Waals surface area contributed by atoms with Crippen LogP contribution in [0.2, 0.25) is 0 Å². The Bertz CT molecular complexity index is 669. The standard InChI is InChI=1S/C14H10N2O2/c1-9-12-8-10(16-6-2-3-7-16)4-5-11(12)14(18)15-13(9)17/h2-8H,1H2,(H,15,17,18). The van der Waals surface area contributed by atoms with E-state index in [0.717, 1.165) is 5.69 Å². The van der Waals surface area contributed by atoms with Crippen molar-refractivity contribution in [3.05, 3.63) is 60.4 Å². The number of rotatable bonds is 1. The monoisotopic (exact) mass is 238 g/mol. The Labute approximate surface area is 104 Å². The fourth-order valence-corrected chi connectivity index (χ4v) is 2.02. The average molecular weight is 238 g/mol. The first kappa shape index (κ1) is 10.5. The lowest BCUT2D eigenvalue weighted by Crippen LogP contribution is -2.36. The molecule has 2 heterocycles. The first-order valence-electron chi connectivity index (χ1n) is 5.49. The van der Waals surface area contributed by atoms with Crippen LogP contribution in [0.15, 0.2) is 49.3 Å². The molecule has 88 valence electrons. The average Bonchev–Trinajstić information content (AvgIpc) is 2.89. The second kappa shape index (κ2) is 3.70. The lowest BCUT2D eigenvalue weighted by molar-refractivity contribution is -0.114. The number of benzene rings is 1. The van der Waals surface area contributed by atoms with Crippen molar-refractivity contribution >= 4 is 17.4 Å². The van der Waals surface area contributed by atoms with E-state index in [1.54, 1.807) is 12.1 Å². The molecule has 0 unspecified atom stereocenters. The van der Waals surface area contributed by atoms with Gasteiger partial charge in [-0.3, -0.25) is 14.9 Å². The number of aromatic nitrogens is 1. The van der Waals surface area contributed by atoms with Crippen LogP contribution < -0.4 is 5.32 Å². The van der Waals surface area contributed by atoms with Crippen molar-refractivity contribution in [2.75, 3.05) is 0 Å². The van der Waals surface area contributed by atoms with Gasteiger partial charge in [-0.05, 0) is 30.3 Å². The lowest BCUT2D eigenvalue weighted by atomic mass is 9.95. The van der Waals surface area contributed by atoms with Gasteiger partial charge in [-0.25, -0.2) is 0 Å². The Hall–Kier alpha value is -2.62. The van der Waals surface area contributed by atoms with Crippen molar-refractivity contribution in [2.24, 2.45) is 0 Å². The number of imide groups is 1. The van der Waals surface area contributed by atoms with E-state index in [0.29, 0.717) is 16.7 Å². The van der Waals surface area contributed by atoms with Crippen LogP contribution in [0.25, 0.3) is 11.3 Å². The van der Waals surface area contributed by atoms with Gasteiger partial charge in [0.15, 0.2) is 0 Å². The Morgan fingerprint density at radius 2 is 1.72 bits per heavy atom. The van der Waals surface area contributed by atoms with Gasteiger partial charge in [0.25, 0.3) is 11.8 Å². The second-order valence-corrected chi connectivity index (χ2v) is 4.08. The molecule has 0 bridgehead atoms. The normalized spacial score (nSPS) is 14.3. The summed E-state index contributed by atoms with van der Waals surface area (Å²) in [4.78, 5) is 23.2. The predicted octanol–water partition coefficient (Wildman–Crippen LogP) is 1.76.